The molecule has 1 aliphatic rings. The van der Waals surface area contributed by atoms with Crippen LogP contribution in [0.1, 0.15) is 42.3 Å². The lowest BCUT2D eigenvalue weighted by Gasteiger charge is -2.24. The molecule has 2 aromatic heterocycles. The highest BCUT2D eigenvalue weighted by atomic mass is 19.4. The van der Waals surface area contributed by atoms with E-state index in [1.807, 2.05) is 0 Å². The van der Waals surface area contributed by atoms with E-state index < -0.39 is 58.5 Å². The van der Waals surface area contributed by atoms with Crippen LogP contribution >= 0.6 is 0 Å². The lowest BCUT2D eigenvalue weighted by Crippen LogP contribution is -2.46. The normalized spacial score (nSPS) is 18.3. The number of likely N-dealkylation sites (tertiary alicyclic amines) is 1. The average Bonchev–Trinajstić information content (AvgIpc) is 3.39. The van der Waals surface area contributed by atoms with E-state index in [0.29, 0.717) is 0 Å². The van der Waals surface area contributed by atoms with E-state index in [1.165, 1.54) is 19.9 Å². The minimum absolute atomic E-state index is 0.0323. The molecule has 0 unspecified atom stereocenters. The Labute approximate surface area is 213 Å². The molecule has 0 aliphatic carbocycles. The summed E-state index contributed by atoms with van der Waals surface area (Å²) in [5.41, 5.74) is 1.73. The number of fused-ring (bicyclic) bond motifs is 1. The van der Waals surface area contributed by atoms with E-state index in [4.69, 9.17) is 5.73 Å². The van der Waals surface area contributed by atoms with Gasteiger partial charge in [0.05, 0.1) is 23.8 Å². The third-order valence-electron chi connectivity index (χ3n) is 6.35. The molecule has 3 aromatic rings. The number of rotatable bonds is 5. The Hall–Kier alpha value is -3.81. The highest BCUT2D eigenvalue weighted by Crippen LogP contribution is 2.39. The average molecular weight is 540 g/mol. The van der Waals surface area contributed by atoms with Crippen molar-refractivity contribution in [3.8, 4) is 11.3 Å². The molecule has 4 N–H and O–H groups in total. The molecule has 1 aromatic carbocycles. The fraction of sp³-hybridized carbons (Fsp3) is 0.417. The van der Waals surface area contributed by atoms with Gasteiger partial charge in [0, 0.05) is 23.2 Å². The van der Waals surface area contributed by atoms with Gasteiger partial charge in [-0.1, -0.05) is 6.92 Å². The minimum atomic E-state index is -4.82. The molecule has 0 spiro atoms. The number of carbonyl (C=O) groups is 2. The molecule has 0 saturated carbocycles. The van der Waals surface area contributed by atoms with Crippen LogP contribution in [0.2, 0.25) is 0 Å². The molecule has 1 aliphatic heterocycles. The van der Waals surface area contributed by atoms with Crippen LogP contribution in [-0.2, 0) is 17.4 Å². The predicted molar refractivity (Wildman–Crippen MR) is 126 cm³/mol. The van der Waals surface area contributed by atoms with Crippen LogP contribution in [0.25, 0.3) is 16.8 Å². The van der Waals surface area contributed by atoms with Crippen LogP contribution in [0, 0.1) is 5.82 Å². The number of benzene rings is 1. The summed E-state index contributed by atoms with van der Waals surface area (Å²) >= 11 is 0. The first-order valence-electron chi connectivity index (χ1n) is 11.6. The molecule has 1 fully saturated rings. The van der Waals surface area contributed by atoms with Crippen LogP contribution in [-0.4, -0.2) is 67.3 Å². The van der Waals surface area contributed by atoms with E-state index in [1.54, 1.807) is 6.92 Å². The number of anilines is 1. The summed E-state index contributed by atoms with van der Waals surface area (Å²) < 4.78 is 71.9. The smallest absolute Gasteiger partial charge is 0.382 e. The maximum Gasteiger partial charge on any atom is 0.418 e. The quantitative estimate of drug-likeness (QED) is 0.428. The van der Waals surface area contributed by atoms with Crippen LogP contribution in [0.5, 0.6) is 0 Å². The molecule has 0 bridgehead atoms. The van der Waals surface area contributed by atoms with Crippen LogP contribution in [0.15, 0.2) is 24.5 Å². The first kappa shape index (κ1) is 27.2. The number of hydrogen-bond acceptors (Lipinski definition) is 6. The van der Waals surface area contributed by atoms with Gasteiger partial charge in [-0.3, -0.25) is 9.59 Å². The highest BCUT2D eigenvalue weighted by Gasteiger charge is 2.41. The van der Waals surface area contributed by atoms with E-state index in [0.717, 1.165) is 27.9 Å². The van der Waals surface area contributed by atoms with Gasteiger partial charge in [-0.05, 0) is 38.5 Å². The molecule has 3 heterocycles. The van der Waals surface area contributed by atoms with E-state index >= 15 is 4.39 Å². The standard InChI is InChI=1S/C24H25F5N6O3/c1-4-12-13(21(36)33-17-9-34(8-16(17)26)22(37)23(2,3)38)5-11(6-15(12)25)18-7-14(24(27,28)29)19-20(30)31-10-32-35(18)19/h5-7,10,16-17,38H,4,8-9H2,1-3H3,(H,33,36)(H2,30,31,32)/t16-,17+/m0/s1. The number of alkyl halides is 4. The summed E-state index contributed by atoms with van der Waals surface area (Å²) in [6, 6.07) is 1.76. The number of aromatic nitrogens is 3. The fourth-order valence-electron chi connectivity index (χ4n) is 4.54. The van der Waals surface area contributed by atoms with Crippen LogP contribution in [0.4, 0.5) is 27.8 Å². The van der Waals surface area contributed by atoms with E-state index in [-0.39, 0.29) is 41.9 Å². The first-order valence-corrected chi connectivity index (χ1v) is 11.6. The molecule has 2 amide bonds. The maximum absolute atomic E-state index is 15.1. The number of halogens is 5. The van der Waals surface area contributed by atoms with Gasteiger partial charge in [0.1, 0.15) is 29.4 Å². The van der Waals surface area contributed by atoms with Crippen molar-refractivity contribution in [3.63, 3.8) is 0 Å². The van der Waals surface area contributed by atoms with Gasteiger partial charge >= 0.3 is 6.18 Å². The van der Waals surface area contributed by atoms with Crippen molar-refractivity contribution in [2.75, 3.05) is 18.8 Å². The second kappa shape index (κ2) is 9.49. The number of nitrogens with zero attached hydrogens (tertiary/aromatic N) is 4. The Morgan fingerprint density at radius 2 is 1.89 bits per heavy atom. The lowest BCUT2D eigenvalue weighted by atomic mass is 9.98. The fourth-order valence-corrected chi connectivity index (χ4v) is 4.54. The van der Waals surface area contributed by atoms with E-state index in [9.17, 15) is 32.3 Å². The van der Waals surface area contributed by atoms with Crippen LogP contribution < -0.4 is 11.1 Å². The summed E-state index contributed by atoms with van der Waals surface area (Å²) in [5.74, 6) is -2.90. The summed E-state index contributed by atoms with van der Waals surface area (Å²) in [7, 11) is 0. The molecule has 4 rings (SSSR count). The number of carbonyl (C=O) groups excluding carboxylic acids is 2. The Morgan fingerprint density at radius 3 is 2.50 bits per heavy atom. The molecule has 9 nitrogen and oxygen atoms in total. The second-order valence-corrected chi connectivity index (χ2v) is 9.55. The van der Waals surface area contributed by atoms with Gasteiger partial charge < -0.3 is 21.1 Å². The largest absolute Gasteiger partial charge is 0.418 e. The lowest BCUT2D eigenvalue weighted by molar-refractivity contribution is -0.146. The summed E-state index contributed by atoms with van der Waals surface area (Å²) in [6.07, 6.45) is -5.49. The predicted octanol–water partition coefficient (Wildman–Crippen LogP) is 2.75. The highest BCUT2D eigenvalue weighted by molar-refractivity contribution is 5.97. The molecular weight excluding hydrogens is 515 g/mol. The van der Waals surface area contributed by atoms with Crippen LogP contribution in [0.3, 0.4) is 0 Å². The van der Waals surface area contributed by atoms with Crippen molar-refractivity contribution in [1.29, 1.82) is 0 Å². The third-order valence-corrected chi connectivity index (χ3v) is 6.35. The van der Waals surface area contributed by atoms with Gasteiger partial charge in [-0.2, -0.15) is 18.3 Å². The number of nitrogens with two attached hydrogens (primary N) is 1. The molecule has 2 atom stereocenters. The number of amides is 2. The number of hydrogen-bond donors (Lipinski definition) is 3. The Morgan fingerprint density at radius 1 is 1.21 bits per heavy atom. The van der Waals surface area contributed by atoms with Crippen molar-refractivity contribution >= 4 is 23.1 Å². The molecule has 204 valence electrons. The van der Waals surface area contributed by atoms with Gasteiger partial charge in [-0.25, -0.2) is 18.3 Å². The molecule has 0 radical (unpaired) electrons. The zero-order valence-corrected chi connectivity index (χ0v) is 20.6. The summed E-state index contributed by atoms with van der Waals surface area (Å²) in [6.45, 7) is 3.50. The van der Waals surface area contributed by atoms with Gasteiger partial charge in [0.25, 0.3) is 11.8 Å². The SMILES string of the molecule is CCc1c(F)cc(-c2cc(C(F)(F)F)c3c(N)ncnn23)cc1C(=O)N[C@@H]1CN(C(=O)C(C)(C)O)C[C@@H]1F. The van der Waals surface area contributed by atoms with Crippen molar-refractivity contribution in [2.24, 2.45) is 0 Å². The van der Waals surface area contributed by atoms with Gasteiger partial charge in [0.15, 0.2) is 5.82 Å². The number of aliphatic hydroxyl groups is 1. The Kier molecular flexibility index (Phi) is 6.80. The third kappa shape index (κ3) is 4.87. The molecule has 14 heteroatoms. The maximum atomic E-state index is 15.1. The summed E-state index contributed by atoms with van der Waals surface area (Å²) in [5, 5.41) is 16.2. The zero-order chi connectivity index (χ0) is 28.2. The molecule has 38 heavy (non-hydrogen) atoms. The van der Waals surface area contributed by atoms with E-state index in [2.05, 4.69) is 15.4 Å². The first-order chi connectivity index (χ1) is 17.6. The second-order valence-electron chi connectivity index (χ2n) is 9.55. The Bertz CT molecular complexity index is 1420. The minimum Gasteiger partial charge on any atom is -0.382 e. The number of nitrogens with one attached hydrogen (secondary N) is 1. The topological polar surface area (TPSA) is 126 Å². The van der Waals surface area contributed by atoms with Crippen molar-refractivity contribution < 1.29 is 36.6 Å². The van der Waals surface area contributed by atoms with Crippen molar-refractivity contribution in [1.82, 2.24) is 24.8 Å². The monoisotopic (exact) mass is 540 g/mol. The summed E-state index contributed by atoms with van der Waals surface area (Å²) in [4.78, 5) is 30.2. The number of nitrogen functional groups attached to an aromatic ring is 1. The molecular formula is C24H25F5N6O3. The van der Waals surface area contributed by atoms with Crippen molar-refractivity contribution in [2.45, 2.75) is 51.2 Å². The van der Waals surface area contributed by atoms with Gasteiger partial charge in [-0.15, -0.1) is 0 Å². The molecule has 1 saturated heterocycles. The van der Waals surface area contributed by atoms with Crippen molar-refractivity contribution in [3.05, 3.63) is 47.0 Å². The zero-order valence-electron chi connectivity index (χ0n) is 20.6. The Balaban J connectivity index is 1.73. The van der Waals surface area contributed by atoms with Gasteiger partial charge in [0.2, 0.25) is 0 Å².